The Morgan fingerprint density at radius 2 is 2.00 bits per heavy atom. The molecule has 0 aliphatic heterocycles. The molecule has 3 aromatic rings. The van der Waals surface area contributed by atoms with Crippen LogP contribution in [0.15, 0.2) is 36.7 Å². The SMILES string of the molecule is CCOC(=O)c1cnn2ccc(NC(C)c3cc(F)ccc3OCCNC(=O)OC(C)(C)C)nc12. The highest BCUT2D eigenvalue weighted by molar-refractivity contribution is 5.95. The third kappa shape index (κ3) is 7.05. The van der Waals surface area contributed by atoms with Crippen molar-refractivity contribution in [3.8, 4) is 5.75 Å². The second-order valence-corrected chi connectivity index (χ2v) is 8.68. The predicted molar refractivity (Wildman–Crippen MR) is 127 cm³/mol. The first-order chi connectivity index (χ1) is 16.6. The minimum Gasteiger partial charge on any atom is -0.491 e. The minimum atomic E-state index is -0.596. The van der Waals surface area contributed by atoms with E-state index in [1.54, 1.807) is 40.0 Å². The molecular formula is C24H30FN5O5. The van der Waals surface area contributed by atoms with Gasteiger partial charge in [-0.3, -0.25) is 0 Å². The van der Waals surface area contributed by atoms with Crippen LogP contribution in [0.1, 0.15) is 56.6 Å². The van der Waals surface area contributed by atoms with Crippen LogP contribution in [0.5, 0.6) is 5.75 Å². The Balaban J connectivity index is 1.69. The molecule has 1 atom stereocenters. The van der Waals surface area contributed by atoms with E-state index in [4.69, 9.17) is 14.2 Å². The normalized spacial score (nSPS) is 12.2. The van der Waals surface area contributed by atoms with Crippen LogP contribution < -0.4 is 15.4 Å². The molecule has 2 heterocycles. The smallest absolute Gasteiger partial charge is 0.407 e. The maximum Gasteiger partial charge on any atom is 0.407 e. The monoisotopic (exact) mass is 487 g/mol. The van der Waals surface area contributed by atoms with Gasteiger partial charge >= 0.3 is 12.1 Å². The van der Waals surface area contributed by atoms with E-state index >= 15 is 0 Å². The lowest BCUT2D eigenvalue weighted by Crippen LogP contribution is -2.34. The van der Waals surface area contributed by atoms with Crippen molar-refractivity contribution < 1.29 is 28.2 Å². The summed E-state index contributed by atoms with van der Waals surface area (Å²) in [6.45, 7) is 9.49. The molecule has 3 rings (SSSR count). The first-order valence-corrected chi connectivity index (χ1v) is 11.2. The van der Waals surface area contributed by atoms with Gasteiger partial charge < -0.3 is 24.8 Å². The predicted octanol–water partition coefficient (Wildman–Crippen LogP) is 4.12. The van der Waals surface area contributed by atoms with Crippen LogP contribution in [-0.2, 0) is 9.47 Å². The Morgan fingerprint density at radius 3 is 2.71 bits per heavy atom. The average molecular weight is 488 g/mol. The number of benzene rings is 1. The molecule has 2 aromatic heterocycles. The van der Waals surface area contributed by atoms with Gasteiger partial charge in [-0.2, -0.15) is 5.10 Å². The van der Waals surface area contributed by atoms with Crippen molar-refractivity contribution >= 4 is 23.5 Å². The highest BCUT2D eigenvalue weighted by atomic mass is 19.1. The number of alkyl carbamates (subject to hydrolysis) is 1. The number of nitrogens with zero attached hydrogens (tertiary/aromatic N) is 3. The van der Waals surface area contributed by atoms with E-state index in [9.17, 15) is 14.0 Å². The Morgan fingerprint density at radius 1 is 1.23 bits per heavy atom. The number of rotatable bonds is 9. The quantitative estimate of drug-likeness (QED) is 0.342. The van der Waals surface area contributed by atoms with E-state index in [1.165, 1.54) is 28.9 Å². The van der Waals surface area contributed by atoms with Gasteiger partial charge in [-0.05, 0) is 58.9 Å². The number of hydrogen-bond acceptors (Lipinski definition) is 8. The van der Waals surface area contributed by atoms with Crippen LogP contribution in [0.3, 0.4) is 0 Å². The summed E-state index contributed by atoms with van der Waals surface area (Å²) in [5, 5.41) is 9.93. The van der Waals surface area contributed by atoms with Gasteiger partial charge in [-0.25, -0.2) is 23.5 Å². The molecule has 1 amide bonds. The molecule has 0 fully saturated rings. The second kappa shape index (κ2) is 11.0. The van der Waals surface area contributed by atoms with Crippen molar-refractivity contribution in [2.24, 2.45) is 0 Å². The third-order valence-electron chi connectivity index (χ3n) is 4.70. The standard InChI is InChI=1S/C24H30FN5O5/c1-6-33-22(31)18-14-27-30-11-9-20(29-21(18)30)28-15(2)17-13-16(25)7-8-19(17)34-12-10-26-23(32)35-24(3,4)5/h7-9,11,13-15H,6,10,12H2,1-5H3,(H,26,32)(H,28,29). The van der Waals surface area contributed by atoms with Gasteiger partial charge in [-0.15, -0.1) is 0 Å². The number of anilines is 1. The van der Waals surface area contributed by atoms with E-state index in [0.717, 1.165) is 0 Å². The van der Waals surface area contributed by atoms with Gasteiger partial charge in [0.2, 0.25) is 0 Å². The minimum absolute atomic E-state index is 0.160. The first kappa shape index (κ1) is 25.7. The summed E-state index contributed by atoms with van der Waals surface area (Å²) in [5.41, 5.74) is 0.546. The van der Waals surface area contributed by atoms with Crippen LogP contribution in [0.25, 0.3) is 5.65 Å². The zero-order valence-electron chi connectivity index (χ0n) is 20.4. The van der Waals surface area contributed by atoms with Crippen LogP contribution in [0.4, 0.5) is 15.0 Å². The molecule has 0 saturated heterocycles. The summed E-state index contributed by atoms with van der Waals surface area (Å²) in [5.74, 6) is -0.0226. The number of esters is 1. The molecule has 0 radical (unpaired) electrons. The number of halogens is 1. The number of carbonyl (C=O) groups is 2. The molecule has 0 spiro atoms. The summed E-state index contributed by atoms with van der Waals surface area (Å²) in [4.78, 5) is 28.4. The molecule has 11 heteroatoms. The van der Waals surface area contributed by atoms with Gasteiger partial charge in [0, 0.05) is 11.8 Å². The summed E-state index contributed by atoms with van der Waals surface area (Å²) >= 11 is 0. The number of aromatic nitrogens is 3. The van der Waals surface area contributed by atoms with Crippen molar-refractivity contribution in [3.05, 3.63) is 53.6 Å². The van der Waals surface area contributed by atoms with Gasteiger partial charge in [0.05, 0.1) is 25.4 Å². The van der Waals surface area contributed by atoms with E-state index in [2.05, 4.69) is 20.7 Å². The van der Waals surface area contributed by atoms with Gasteiger partial charge in [-0.1, -0.05) is 0 Å². The fourth-order valence-electron chi connectivity index (χ4n) is 3.22. The fraction of sp³-hybridized carbons (Fsp3) is 0.417. The molecule has 10 nitrogen and oxygen atoms in total. The van der Waals surface area contributed by atoms with E-state index in [0.29, 0.717) is 22.8 Å². The summed E-state index contributed by atoms with van der Waals surface area (Å²) in [6.07, 6.45) is 2.52. The average Bonchev–Trinajstić information content (AvgIpc) is 3.20. The summed E-state index contributed by atoms with van der Waals surface area (Å²) < 4.78 is 31.5. The summed E-state index contributed by atoms with van der Waals surface area (Å²) in [6, 6.07) is 5.49. The lowest BCUT2D eigenvalue weighted by Gasteiger charge is -2.21. The fourth-order valence-corrected chi connectivity index (χ4v) is 3.22. The Labute approximate surface area is 202 Å². The topological polar surface area (TPSA) is 116 Å². The molecule has 0 aliphatic rings. The highest BCUT2D eigenvalue weighted by Crippen LogP contribution is 2.28. The lowest BCUT2D eigenvalue weighted by atomic mass is 10.1. The van der Waals surface area contributed by atoms with Crippen LogP contribution in [-0.4, -0.2) is 52.0 Å². The van der Waals surface area contributed by atoms with Crippen LogP contribution in [0, 0.1) is 5.82 Å². The molecule has 1 aromatic carbocycles. The number of amides is 1. The molecule has 2 N–H and O–H groups in total. The molecular weight excluding hydrogens is 457 g/mol. The summed E-state index contributed by atoms with van der Waals surface area (Å²) in [7, 11) is 0. The second-order valence-electron chi connectivity index (χ2n) is 8.68. The van der Waals surface area contributed by atoms with Gasteiger partial charge in [0.15, 0.2) is 5.65 Å². The van der Waals surface area contributed by atoms with E-state index < -0.39 is 29.5 Å². The van der Waals surface area contributed by atoms with E-state index in [-0.39, 0.29) is 25.3 Å². The van der Waals surface area contributed by atoms with Crippen molar-refractivity contribution in [1.82, 2.24) is 19.9 Å². The first-order valence-electron chi connectivity index (χ1n) is 11.2. The van der Waals surface area contributed by atoms with Crippen LogP contribution >= 0.6 is 0 Å². The Bertz CT molecular complexity index is 1190. The lowest BCUT2D eigenvalue weighted by molar-refractivity contribution is 0.0513. The largest absolute Gasteiger partial charge is 0.491 e. The third-order valence-corrected chi connectivity index (χ3v) is 4.70. The zero-order chi connectivity index (χ0) is 25.6. The molecule has 0 saturated carbocycles. The zero-order valence-corrected chi connectivity index (χ0v) is 20.4. The number of fused-ring (bicyclic) bond motifs is 1. The number of ether oxygens (including phenoxy) is 3. The molecule has 0 aliphatic carbocycles. The molecule has 1 unspecified atom stereocenters. The maximum atomic E-state index is 14.0. The number of carbonyl (C=O) groups excluding carboxylic acids is 2. The Kier molecular flexibility index (Phi) is 8.10. The van der Waals surface area contributed by atoms with Crippen molar-refractivity contribution in [1.29, 1.82) is 0 Å². The van der Waals surface area contributed by atoms with Gasteiger partial charge in [0.25, 0.3) is 0 Å². The molecule has 0 bridgehead atoms. The van der Waals surface area contributed by atoms with Crippen molar-refractivity contribution in [3.63, 3.8) is 0 Å². The number of hydrogen-bond donors (Lipinski definition) is 2. The van der Waals surface area contributed by atoms with Crippen LogP contribution in [0.2, 0.25) is 0 Å². The number of nitrogens with one attached hydrogen (secondary N) is 2. The van der Waals surface area contributed by atoms with Crippen molar-refractivity contribution in [2.75, 3.05) is 25.1 Å². The van der Waals surface area contributed by atoms with E-state index in [1.807, 2.05) is 6.92 Å². The maximum absolute atomic E-state index is 14.0. The van der Waals surface area contributed by atoms with Gasteiger partial charge in [0.1, 0.15) is 35.2 Å². The highest BCUT2D eigenvalue weighted by Gasteiger charge is 2.18. The molecule has 35 heavy (non-hydrogen) atoms. The molecule has 188 valence electrons. The Hall–Kier alpha value is -3.89. The van der Waals surface area contributed by atoms with Crippen molar-refractivity contribution in [2.45, 2.75) is 46.3 Å².